The SMILES string of the molecule is CC(C)(C)c1[c-]c2c(cc1)-c1ccc(C(C)(C)C)cc1C2.CCC[Si](=[Zr+2])CCC.[C-]1=CC=CC1. The van der Waals surface area contributed by atoms with Gasteiger partial charge in [-0.2, -0.15) is 29.8 Å². The molecule has 0 saturated heterocycles. The molecular formula is C32H44SiZr. The molecule has 0 saturated carbocycles. The molecule has 0 spiro atoms. The van der Waals surface area contributed by atoms with Gasteiger partial charge in [-0.05, 0) is 28.4 Å². The van der Waals surface area contributed by atoms with Crippen LogP contribution in [0.4, 0.5) is 0 Å². The fraction of sp³-hybridized carbons (Fsp3) is 0.500. The minimum atomic E-state index is 0.167. The number of allylic oxidation sites excluding steroid dienone is 4. The number of fused-ring (bicyclic) bond motifs is 3. The Morgan fingerprint density at radius 1 is 0.882 bits per heavy atom. The Morgan fingerprint density at radius 2 is 1.53 bits per heavy atom. The predicted octanol–water partition coefficient (Wildman–Crippen LogP) is 9.30. The first kappa shape index (κ1) is 29.3. The zero-order valence-electron chi connectivity index (χ0n) is 22.9. The average molecular weight is 548 g/mol. The second-order valence-corrected chi connectivity index (χ2v) is 18.8. The van der Waals surface area contributed by atoms with Crippen LogP contribution in [0.3, 0.4) is 0 Å². The molecule has 0 atom stereocenters. The van der Waals surface area contributed by atoms with Gasteiger partial charge in [-0.25, -0.2) is 12.2 Å². The van der Waals surface area contributed by atoms with Crippen LogP contribution in [-0.4, -0.2) is 5.43 Å². The molecule has 2 heteroatoms. The molecule has 0 fully saturated rings. The first-order valence-electron chi connectivity index (χ1n) is 12.9. The molecule has 0 radical (unpaired) electrons. The van der Waals surface area contributed by atoms with Gasteiger partial charge in [0.25, 0.3) is 0 Å². The summed E-state index contributed by atoms with van der Waals surface area (Å²) in [7, 11) is 0. The summed E-state index contributed by atoms with van der Waals surface area (Å²) in [5.41, 5.74) is 8.90. The predicted molar refractivity (Wildman–Crippen MR) is 148 cm³/mol. The molecule has 0 heterocycles. The maximum Gasteiger partial charge on any atom is -0.109 e. The third-order valence-electron chi connectivity index (χ3n) is 6.15. The zero-order valence-corrected chi connectivity index (χ0v) is 26.3. The van der Waals surface area contributed by atoms with Crippen LogP contribution in [0.2, 0.25) is 12.1 Å². The van der Waals surface area contributed by atoms with E-state index in [2.05, 4.69) is 104 Å². The van der Waals surface area contributed by atoms with Crippen molar-refractivity contribution in [2.45, 2.75) is 104 Å². The summed E-state index contributed by atoms with van der Waals surface area (Å²) < 4.78 is 0. The second kappa shape index (κ2) is 13.4. The number of hydrogen-bond donors (Lipinski definition) is 0. The molecule has 34 heavy (non-hydrogen) atoms. The van der Waals surface area contributed by atoms with E-state index in [0.717, 1.165) is 12.8 Å². The molecule has 0 bridgehead atoms. The fourth-order valence-corrected chi connectivity index (χ4v) is 9.24. The summed E-state index contributed by atoms with van der Waals surface area (Å²) >= 11 is 1.84. The maximum atomic E-state index is 3.67. The minimum absolute atomic E-state index is 0.167. The fourth-order valence-electron chi connectivity index (χ4n) is 4.10. The molecule has 2 aliphatic carbocycles. The van der Waals surface area contributed by atoms with Crippen LogP contribution in [0.25, 0.3) is 11.1 Å². The van der Waals surface area contributed by atoms with Crippen molar-refractivity contribution in [3.05, 3.63) is 83.0 Å². The van der Waals surface area contributed by atoms with Crippen LogP contribution in [0.5, 0.6) is 0 Å². The van der Waals surface area contributed by atoms with E-state index in [-0.39, 0.29) is 16.3 Å². The van der Waals surface area contributed by atoms with Crippen molar-refractivity contribution in [1.82, 2.24) is 0 Å². The van der Waals surface area contributed by atoms with Gasteiger partial charge < -0.3 is 0 Å². The first-order chi connectivity index (χ1) is 16.0. The maximum absolute atomic E-state index is 3.67. The summed E-state index contributed by atoms with van der Waals surface area (Å²) in [6.07, 6.45) is 13.9. The van der Waals surface area contributed by atoms with Crippen LogP contribution >= 0.6 is 0 Å². The summed E-state index contributed by atoms with van der Waals surface area (Å²) in [6.45, 7) is 18.2. The average Bonchev–Trinajstić information content (AvgIpc) is 3.44. The van der Waals surface area contributed by atoms with Gasteiger partial charge in [0, 0.05) is 0 Å². The van der Waals surface area contributed by atoms with E-state index in [1.54, 1.807) is 12.1 Å². The molecule has 2 aromatic carbocycles. The van der Waals surface area contributed by atoms with E-state index in [9.17, 15) is 0 Å². The monoisotopic (exact) mass is 546 g/mol. The summed E-state index contributed by atoms with van der Waals surface area (Å²) in [6, 6.07) is 18.3. The van der Waals surface area contributed by atoms with Crippen molar-refractivity contribution < 1.29 is 23.3 Å². The quantitative estimate of drug-likeness (QED) is 0.225. The summed E-state index contributed by atoms with van der Waals surface area (Å²) in [4.78, 5) is 0. The number of benzene rings is 2. The minimum Gasteiger partial charge on any atom is -0.273 e. The van der Waals surface area contributed by atoms with Gasteiger partial charge in [-0.1, -0.05) is 65.3 Å². The van der Waals surface area contributed by atoms with Crippen molar-refractivity contribution in [2.75, 3.05) is 0 Å². The number of rotatable bonds is 4. The third kappa shape index (κ3) is 8.91. The van der Waals surface area contributed by atoms with Gasteiger partial charge in [-0.15, -0.1) is 17.5 Å². The van der Waals surface area contributed by atoms with E-state index < -0.39 is 0 Å². The van der Waals surface area contributed by atoms with E-state index in [0.29, 0.717) is 0 Å². The van der Waals surface area contributed by atoms with E-state index in [1.165, 1.54) is 46.2 Å². The molecule has 0 nitrogen and oxygen atoms in total. The van der Waals surface area contributed by atoms with Crippen LogP contribution in [0.15, 0.2) is 48.6 Å². The molecular weight excluding hydrogens is 504 g/mol. The van der Waals surface area contributed by atoms with Crippen LogP contribution in [0, 0.1) is 12.1 Å². The van der Waals surface area contributed by atoms with Crippen molar-refractivity contribution in [3.63, 3.8) is 0 Å². The molecule has 4 rings (SSSR count). The third-order valence-corrected chi connectivity index (χ3v) is 12.0. The van der Waals surface area contributed by atoms with Crippen LogP contribution in [-0.2, 0) is 40.6 Å². The molecule has 0 unspecified atom stereocenters. The Hall–Kier alpha value is -0.980. The van der Waals surface area contributed by atoms with Gasteiger partial charge in [0.1, 0.15) is 0 Å². The van der Waals surface area contributed by atoms with Crippen molar-refractivity contribution in [3.8, 4) is 11.1 Å². The Morgan fingerprint density at radius 3 is 2.00 bits per heavy atom. The van der Waals surface area contributed by atoms with Crippen molar-refractivity contribution in [1.29, 1.82) is 0 Å². The van der Waals surface area contributed by atoms with E-state index in [1.807, 2.05) is 35.5 Å². The zero-order chi connectivity index (χ0) is 25.4. The standard InChI is InChI=1S/C21H25.C6H14Si.C5H5.Zr/c1-20(2,3)16-7-9-18-14(12-16)11-15-13-17(21(4,5)6)8-10-19(15)18;1-3-5-7-6-4-2;1-2-4-5-3-1;/h7-10,12H,11H2,1-6H3;3-6H2,1-2H3;1-3H,4H2;/q-1;;-1;+2. The Kier molecular flexibility index (Phi) is 11.5. The van der Waals surface area contributed by atoms with Crippen LogP contribution < -0.4 is 0 Å². The largest absolute Gasteiger partial charge is 0.273 e. The smallest absolute Gasteiger partial charge is 0.109 e. The van der Waals surface area contributed by atoms with Crippen LogP contribution in [0.1, 0.15) is 96.9 Å². The Labute approximate surface area is 225 Å². The molecule has 0 N–H and O–H groups in total. The molecule has 0 aliphatic heterocycles. The second-order valence-electron chi connectivity index (χ2n) is 11.4. The van der Waals surface area contributed by atoms with Gasteiger partial charge in [0.05, 0.1) is 0 Å². The molecule has 0 amide bonds. The summed E-state index contributed by atoms with van der Waals surface area (Å²) in [5, 5.41) is 0. The Bertz CT molecular complexity index is 933. The molecule has 180 valence electrons. The van der Waals surface area contributed by atoms with E-state index in [4.69, 9.17) is 0 Å². The van der Waals surface area contributed by atoms with E-state index >= 15 is 0 Å². The summed E-state index contributed by atoms with van der Waals surface area (Å²) in [5.74, 6) is 0. The van der Waals surface area contributed by atoms with Gasteiger partial charge in [0.15, 0.2) is 0 Å². The van der Waals surface area contributed by atoms with Crippen molar-refractivity contribution in [2.24, 2.45) is 0 Å². The van der Waals surface area contributed by atoms with Gasteiger partial charge in [0.2, 0.25) is 0 Å². The van der Waals surface area contributed by atoms with Gasteiger partial charge in [-0.3, -0.25) is 6.08 Å². The first-order valence-corrected chi connectivity index (χ1v) is 18.5. The normalized spacial score (nSPS) is 13.5. The van der Waals surface area contributed by atoms with Gasteiger partial charge >= 0.3 is 67.5 Å². The molecule has 2 aliphatic rings. The Balaban J connectivity index is 0.000000258. The molecule has 2 aromatic rings. The number of hydrogen-bond acceptors (Lipinski definition) is 0. The topological polar surface area (TPSA) is 0 Å². The van der Waals surface area contributed by atoms with Crippen molar-refractivity contribution >= 4 is 5.43 Å². The molecule has 0 aromatic heterocycles.